The van der Waals surface area contributed by atoms with Crippen LogP contribution in [0.15, 0.2) is 47.0 Å². The van der Waals surface area contributed by atoms with Gasteiger partial charge in [0.05, 0.1) is 11.4 Å². The van der Waals surface area contributed by atoms with Crippen LogP contribution in [-0.4, -0.2) is 9.78 Å². The molecule has 0 N–H and O–H groups in total. The number of benzene rings is 1. The molecule has 0 aliphatic heterocycles. The second-order valence-corrected chi connectivity index (χ2v) is 7.76. The number of rotatable bonds is 3. The first-order chi connectivity index (χ1) is 12.1. The smallest absolute Gasteiger partial charge is 0.123 e. The molecular formula is C21H22ClFN2. The van der Waals surface area contributed by atoms with Crippen molar-refractivity contribution in [1.29, 1.82) is 0 Å². The zero-order valence-corrected chi connectivity index (χ0v) is 15.1. The number of hydrogen-bond acceptors (Lipinski definition) is 1. The Morgan fingerprint density at radius 2 is 1.84 bits per heavy atom. The fourth-order valence-corrected chi connectivity index (χ4v) is 4.52. The number of hydrogen-bond donors (Lipinski definition) is 0. The third-order valence-corrected chi connectivity index (χ3v) is 5.87. The summed E-state index contributed by atoms with van der Waals surface area (Å²) in [6.07, 6.45) is 10.3. The third-order valence-electron chi connectivity index (χ3n) is 5.47. The van der Waals surface area contributed by atoms with Crippen molar-refractivity contribution in [3.63, 3.8) is 0 Å². The van der Waals surface area contributed by atoms with Gasteiger partial charge in [-0.1, -0.05) is 17.7 Å². The van der Waals surface area contributed by atoms with Gasteiger partial charge in [0, 0.05) is 12.1 Å². The molecule has 0 amide bonds. The summed E-state index contributed by atoms with van der Waals surface area (Å²) >= 11 is 6.56. The van der Waals surface area contributed by atoms with Crippen LogP contribution in [0.25, 0.3) is 17.3 Å². The largest absolute Gasteiger partial charge is 0.267 e. The highest BCUT2D eigenvalue weighted by Crippen LogP contribution is 2.44. The van der Waals surface area contributed by atoms with Crippen molar-refractivity contribution >= 4 is 17.7 Å². The number of nitrogens with zero attached hydrogens (tertiary/aromatic N) is 2. The number of aromatic nitrogens is 2. The van der Waals surface area contributed by atoms with Gasteiger partial charge in [-0.15, -0.1) is 0 Å². The Morgan fingerprint density at radius 3 is 2.60 bits per heavy atom. The van der Waals surface area contributed by atoms with Crippen molar-refractivity contribution in [3.8, 4) is 11.3 Å². The minimum absolute atomic E-state index is 0.227. The van der Waals surface area contributed by atoms with Crippen molar-refractivity contribution in [1.82, 2.24) is 9.78 Å². The molecule has 4 rings (SSSR count). The number of halogens is 2. The first kappa shape index (κ1) is 16.6. The molecule has 1 aromatic carbocycles. The van der Waals surface area contributed by atoms with Gasteiger partial charge in [0.15, 0.2) is 0 Å². The molecule has 2 aromatic rings. The van der Waals surface area contributed by atoms with E-state index in [4.69, 9.17) is 11.6 Å². The van der Waals surface area contributed by atoms with Crippen molar-refractivity contribution in [2.75, 3.05) is 0 Å². The van der Waals surface area contributed by atoms with Crippen LogP contribution in [0.5, 0.6) is 0 Å². The maximum absolute atomic E-state index is 13.1. The Labute approximate surface area is 153 Å². The van der Waals surface area contributed by atoms with Crippen LogP contribution >= 0.6 is 11.6 Å². The lowest BCUT2D eigenvalue weighted by atomic mass is 9.98. The molecule has 1 saturated carbocycles. The highest BCUT2D eigenvalue weighted by atomic mass is 35.5. The van der Waals surface area contributed by atoms with Crippen molar-refractivity contribution in [2.24, 2.45) is 18.9 Å². The summed E-state index contributed by atoms with van der Waals surface area (Å²) < 4.78 is 14.9. The Balaban J connectivity index is 1.57. The van der Waals surface area contributed by atoms with E-state index in [1.54, 1.807) is 12.1 Å². The molecular weight excluding hydrogens is 335 g/mol. The van der Waals surface area contributed by atoms with Gasteiger partial charge in [-0.3, -0.25) is 4.68 Å². The maximum Gasteiger partial charge on any atom is 0.123 e. The molecule has 1 fully saturated rings. The lowest BCUT2D eigenvalue weighted by Crippen LogP contribution is -1.95. The van der Waals surface area contributed by atoms with E-state index in [9.17, 15) is 4.39 Å². The van der Waals surface area contributed by atoms with E-state index < -0.39 is 0 Å². The molecule has 0 spiro atoms. The summed E-state index contributed by atoms with van der Waals surface area (Å²) in [6.45, 7) is 0. The number of aryl methyl sites for hydroxylation is 1. The van der Waals surface area contributed by atoms with Gasteiger partial charge in [0.2, 0.25) is 0 Å². The van der Waals surface area contributed by atoms with Crippen LogP contribution in [0.2, 0.25) is 0 Å². The average molecular weight is 357 g/mol. The molecule has 2 aliphatic carbocycles. The topological polar surface area (TPSA) is 17.8 Å². The van der Waals surface area contributed by atoms with Gasteiger partial charge in [-0.25, -0.2) is 4.39 Å². The molecule has 0 saturated heterocycles. The summed E-state index contributed by atoms with van der Waals surface area (Å²) in [5.74, 6) is 1.35. The Morgan fingerprint density at radius 1 is 1.12 bits per heavy atom. The normalized spacial score (nSPS) is 23.5. The summed E-state index contributed by atoms with van der Waals surface area (Å²) in [4.78, 5) is 0. The van der Waals surface area contributed by atoms with Gasteiger partial charge < -0.3 is 0 Å². The van der Waals surface area contributed by atoms with E-state index in [-0.39, 0.29) is 5.82 Å². The van der Waals surface area contributed by atoms with Crippen LogP contribution in [0.1, 0.15) is 37.8 Å². The fraction of sp³-hybridized carbons (Fsp3) is 0.381. The Kier molecular flexibility index (Phi) is 4.51. The standard InChI is InChI=1S/C21H22ClFN2/c1-25-21(16-4-7-18(23)8-5-16)13-19(24-25)9-6-17-11-14-2-3-15(10-14)12-20(17)22/h4-9,13-15H,2-3,10-12H2,1H3/b9-6+. The van der Waals surface area contributed by atoms with Gasteiger partial charge in [-0.2, -0.15) is 5.10 Å². The van der Waals surface area contributed by atoms with Gasteiger partial charge in [0.25, 0.3) is 0 Å². The van der Waals surface area contributed by atoms with Gasteiger partial charge in [-0.05, 0) is 91.5 Å². The van der Waals surface area contributed by atoms with Crippen LogP contribution in [0, 0.1) is 17.7 Å². The van der Waals surface area contributed by atoms with Crippen LogP contribution in [-0.2, 0) is 7.05 Å². The molecule has 4 heteroatoms. The van der Waals surface area contributed by atoms with E-state index in [2.05, 4.69) is 11.2 Å². The van der Waals surface area contributed by atoms with E-state index in [1.807, 2.05) is 23.9 Å². The quantitative estimate of drug-likeness (QED) is 0.665. The second kappa shape index (κ2) is 6.80. The van der Waals surface area contributed by atoms with Gasteiger partial charge in [0.1, 0.15) is 5.82 Å². The molecule has 2 bridgehead atoms. The average Bonchev–Trinajstić information content (AvgIpc) is 3.13. The summed E-state index contributed by atoms with van der Waals surface area (Å²) in [5, 5.41) is 5.59. The van der Waals surface area contributed by atoms with E-state index in [1.165, 1.54) is 37.0 Å². The predicted molar refractivity (Wildman–Crippen MR) is 101 cm³/mol. The molecule has 2 atom stereocenters. The highest BCUT2D eigenvalue weighted by Gasteiger charge is 2.29. The van der Waals surface area contributed by atoms with Crippen LogP contribution in [0.4, 0.5) is 4.39 Å². The van der Waals surface area contributed by atoms with Crippen molar-refractivity contribution in [2.45, 2.75) is 32.1 Å². The van der Waals surface area contributed by atoms with Gasteiger partial charge >= 0.3 is 0 Å². The molecule has 2 unspecified atom stereocenters. The Bertz CT molecular complexity index is 832. The van der Waals surface area contributed by atoms with Crippen molar-refractivity contribution < 1.29 is 4.39 Å². The maximum atomic E-state index is 13.1. The number of allylic oxidation sites excluding steroid dienone is 3. The summed E-state index contributed by atoms with van der Waals surface area (Å²) in [5.41, 5.74) is 4.09. The van der Waals surface area contributed by atoms with E-state index in [0.717, 1.165) is 46.7 Å². The first-order valence-electron chi connectivity index (χ1n) is 8.94. The molecule has 2 aliphatic rings. The monoisotopic (exact) mass is 356 g/mol. The van der Waals surface area contributed by atoms with E-state index in [0.29, 0.717) is 0 Å². The number of fused-ring (bicyclic) bond motifs is 2. The minimum atomic E-state index is -0.227. The Hall–Kier alpha value is -1.87. The van der Waals surface area contributed by atoms with Crippen LogP contribution < -0.4 is 0 Å². The molecule has 2 nitrogen and oxygen atoms in total. The second-order valence-electron chi connectivity index (χ2n) is 7.30. The molecule has 1 aromatic heterocycles. The van der Waals surface area contributed by atoms with Crippen LogP contribution in [0.3, 0.4) is 0 Å². The molecule has 25 heavy (non-hydrogen) atoms. The summed E-state index contributed by atoms with van der Waals surface area (Å²) in [6, 6.07) is 8.54. The lowest BCUT2D eigenvalue weighted by Gasteiger charge is -2.10. The first-order valence-corrected chi connectivity index (χ1v) is 9.32. The summed E-state index contributed by atoms with van der Waals surface area (Å²) in [7, 11) is 1.91. The highest BCUT2D eigenvalue weighted by molar-refractivity contribution is 6.30. The molecule has 0 radical (unpaired) electrons. The third kappa shape index (κ3) is 3.57. The predicted octanol–water partition coefficient (Wildman–Crippen LogP) is 5.94. The fourth-order valence-electron chi connectivity index (χ4n) is 4.16. The van der Waals surface area contributed by atoms with Crippen molar-refractivity contribution in [3.05, 3.63) is 58.5 Å². The zero-order valence-electron chi connectivity index (χ0n) is 14.4. The molecule has 1 heterocycles. The minimum Gasteiger partial charge on any atom is -0.267 e. The molecule has 130 valence electrons. The lowest BCUT2D eigenvalue weighted by molar-refractivity contribution is 0.510. The van der Waals surface area contributed by atoms with E-state index >= 15 is 0 Å². The SMILES string of the molecule is Cn1nc(/C=C/C2=C(Cl)CC3CCC(C2)C3)cc1-c1ccc(F)cc1. The zero-order chi connectivity index (χ0) is 17.4.